The van der Waals surface area contributed by atoms with Crippen molar-refractivity contribution in [2.75, 3.05) is 21.3 Å². The first-order valence-corrected chi connectivity index (χ1v) is 9.43. The lowest BCUT2D eigenvalue weighted by atomic mass is 10.0. The van der Waals surface area contributed by atoms with Gasteiger partial charge >= 0.3 is 14.5 Å². The van der Waals surface area contributed by atoms with Crippen LogP contribution >= 0.6 is 0 Å². The van der Waals surface area contributed by atoms with Crippen molar-refractivity contribution in [2.24, 2.45) is 0 Å². The molecule has 2 unspecified atom stereocenters. The monoisotopic (exact) mass is 304 g/mol. The molecule has 0 N–H and O–H groups in total. The van der Waals surface area contributed by atoms with Crippen molar-refractivity contribution < 1.29 is 23.1 Å². The van der Waals surface area contributed by atoms with Gasteiger partial charge in [-0.3, -0.25) is 4.79 Å². The number of ether oxygens (including phenoxy) is 2. The van der Waals surface area contributed by atoms with Crippen LogP contribution in [0.3, 0.4) is 0 Å². The van der Waals surface area contributed by atoms with Gasteiger partial charge in [-0.25, -0.2) is 0 Å². The number of methoxy groups -OCH3 is 1. The van der Waals surface area contributed by atoms with Crippen LogP contribution in [0.15, 0.2) is 0 Å². The molecule has 118 valence electrons. The Morgan fingerprint density at radius 1 is 1.25 bits per heavy atom. The summed E-state index contributed by atoms with van der Waals surface area (Å²) in [5.41, 5.74) is 0. The van der Waals surface area contributed by atoms with Crippen molar-refractivity contribution in [3.05, 3.63) is 0 Å². The molecule has 0 amide bonds. The van der Waals surface area contributed by atoms with Crippen LogP contribution in [0.5, 0.6) is 0 Å². The van der Waals surface area contributed by atoms with Crippen LogP contribution in [0, 0.1) is 0 Å². The van der Waals surface area contributed by atoms with Crippen molar-refractivity contribution in [1.82, 2.24) is 0 Å². The fourth-order valence-corrected chi connectivity index (χ4v) is 7.35. The molecule has 1 rings (SSSR count). The molecule has 0 aromatic heterocycles. The molecule has 5 nitrogen and oxygen atoms in total. The maximum Gasteiger partial charge on any atom is 0.374 e. The number of carbonyl (C=O) groups is 1. The Labute approximate surface area is 123 Å². The largest absolute Gasteiger partial charge is 0.459 e. The van der Waals surface area contributed by atoms with Crippen LogP contribution in [0.2, 0.25) is 6.04 Å². The van der Waals surface area contributed by atoms with E-state index in [0.717, 1.165) is 31.7 Å². The van der Waals surface area contributed by atoms with Gasteiger partial charge in [0.15, 0.2) is 0 Å². The predicted octanol–water partition coefficient (Wildman–Crippen LogP) is 2.56. The molecule has 0 radical (unpaired) electrons. The minimum Gasteiger partial charge on any atom is -0.459 e. The molecule has 1 fully saturated rings. The van der Waals surface area contributed by atoms with E-state index >= 15 is 0 Å². The van der Waals surface area contributed by atoms with Gasteiger partial charge in [0.2, 0.25) is 0 Å². The van der Waals surface area contributed by atoms with Crippen LogP contribution in [0.25, 0.3) is 0 Å². The highest BCUT2D eigenvalue weighted by atomic mass is 28.4. The second kappa shape index (κ2) is 7.54. The van der Waals surface area contributed by atoms with E-state index in [0.29, 0.717) is 6.42 Å². The lowest BCUT2D eigenvalue weighted by Gasteiger charge is -2.51. The third-order valence-corrected chi connectivity index (χ3v) is 8.74. The summed E-state index contributed by atoms with van der Waals surface area (Å²) in [6.07, 6.45) is 3.54. The maximum absolute atomic E-state index is 11.7. The Hall–Kier alpha value is -0.433. The van der Waals surface area contributed by atoms with Gasteiger partial charge in [0.1, 0.15) is 11.3 Å². The van der Waals surface area contributed by atoms with E-state index in [4.69, 9.17) is 18.3 Å². The maximum atomic E-state index is 11.7. The summed E-state index contributed by atoms with van der Waals surface area (Å²) in [4.78, 5) is 11.7. The number of esters is 1. The van der Waals surface area contributed by atoms with E-state index in [-0.39, 0.29) is 12.1 Å². The second-order valence-electron chi connectivity index (χ2n) is 5.23. The van der Waals surface area contributed by atoms with Gasteiger partial charge in [0, 0.05) is 27.8 Å². The molecule has 1 aliphatic heterocycles. The first kappa shape index (κ1) is 17.6. The lowest BCUT2D eigenvalue weighted by Crippen LogP contribution is -2.71. The van der Waals surface area contributed by atoms with Crippen LogP contribution in [-0.4, -0.2) is 47.2 Å². The van der Waals surface area contributed by atoms with E-state index in [2.05, 4.69) is 6.92 Å². The molecule has 0 spiro atoms. The molecule has 0 aromatic rings. The summed E-state index contributed by atoms with van der Waals surface area (Å²) in [6.45, 7) is 3.90. The number of carbonyl (C=O) groups excluding carboxylic acids is 1. The van der Waals surface area contributed by atoms with Gasteiger partial charge in [0.25, 0.3) is 0 Å². The van der Waals surface area contributed by atoms with Crippen LogP contribution < -0.4 is 0 Å². The lowest BCUT2D eigenvalue weighted by molar-refractivity contribution is -0.167. The fraction of sp³-hybridized carbons (Fsp3) is 0.929. The molecule has 0 aromatic carbocycles. The first-order valence-electron chi connectivity index (χ1n) is 7.40. The second-order valence-corrected chi connectivity index (χ2v) is 8.90. The molecule has 0 bridgehead atoms. The van der Waals surface area contributed by atoms with E-state index in [1.165, 1.54) is 0 Å². The van der Waals surface area contributed by atoms with E-state index in [9.17, 15) is 4.79 Å². The van der Waals surface area contributed by atoms with Crippen molar-refractivity contribution in [3.8, 4) is 0 Å². The Bertz CT molecular complexity index is 319. The average Bonchev–Trinajstić information content (AvgIpc) is 2.48. The summed E-state index contributed by atoms with van der Waals surface area (Å²) in [6, 6.07) is 0.869. The summed E-state index contributed by atoms with van der Waals surface area (Å²) in [5.74, 6) is -0.190. The van der Waals surface area contributed by atoms with Crippen LogP contribution in [0.1, 0.15) is 46.0 Å². The predicted molar refractivity (Wildman–Crippen MR) is 78.6 cm³/mol. The zero-order valence-electron chi connectivity index (χ0n) is 13.4. The Morgan fingerprint density at radius 2 is 1.90 bits per heavy atom. The first-order chi connectivity index (χ1) is 9.55. The van der Waals surface area contributed by atoms with E-state index < -0.39 is 13.8 Å². The summed E-state index contributed by atoms with van der Waals surface area (Å²) in [7, 11) is 2.47. The summed E-state index contributed by atoms with van der Waals surface area (Å²) < 4.78 is 23.2. The molecule has 2 atom stereocenters. The quantitative estimate of drug-likeness (QED) is 0.534. The van der Waals surface area contributed by atoms with E-state index in [1.54, 1.807) is 28.3 Å². The minimum absolute atomic E-state index is 0.190. The zero-order chi connectivity index (χ0) is 15.2. The summed E-state index contributed by atoms with van der Waals surface area (Å²) in [5, 5.41) is -0.617. The average molecular weight is 304 g/mol. The van der Waals surface area contributed by atoms with Crippen LogP contribution in [0.4, 0.5) is 0 Å². The molecule has 0 aliphatic carbocycles. The normalized spacial score (nSPS) is 29.1. The standard InChI is InChI=1S/C14H28O5Si/c1-6-10-14(16-3)12(19-13(15)7-2)9-8-11-20(14,17-4)18-5/h12H,6-11H2,1-5H3. The highest BCUT2D eigenvalue weighted by Gasteiger charge is 2.64. The topological polar surface area (TPSA) is 54.0 Å². The molecule has 0 saturated carbocycles. The Morgan fingerprint density at radius 3 is 2.35 bits per heavy atom. The van der Waals surface area contributed by atoms with E-state index in [1.807, 2.05) is 0 Å². The zero-order valence-corrected chi connectivity index (χ0v) is 14.4. The van der Waals surface area contributed by atoms with Crippen molar-refractivity contribution in [1.29, 1.82) is 0 Å². The highest BCUT2D eigenvalue weighted by molar-refractivity contribution is 6.71. The molecular formula is C14H28O5Si. The van der Waals surface area contributed by atoms with Crippen molar-refractivity contribution in [2.45, 2.75) is 63.3 Å². The van der Waals surface area contributed by atoms with Gasteiger partial charge < -0.3 is 18.3 Å². The van der Waals surface area contributed by atoms with Gasteiger partial charge in [-0.05, 0) is 25.3 Å². The molecular weight excluding hydrogens is 276 g/mol. The summed E-state index contributed by atoms with van der Waals surface area (Å²) >= 11 is 0. The third kappa shape index (κ3) is 2.93. The number of rotatable bonds is 7. The van der Waals surface area contributed by atoms with Gasteiger partial charge in [0.05, 0.1) is 0 Å². The fourth-order valence-electron chi connectivity index (χ4n) is 3.35. The van der Waals surface area contributed by atoms with Crippen molar-refractivity contribution >= 4 is 14.5 Å². The van der Waals surface area contributed by atoms with Gasteiger partial charge in [-0.1, -0.05) is 20.3 Å². The Balaban J connectivity index is 3.16. The molecule has 20 heavy (non-hydrogen) atoms. The highest BCUT2D eigenvalue weighted by Crippen LogP contribution is 2.44. The Kier molecular flexibility index (Phi) is 6.64. The smallest absolute Gasteiger partial charge is 0.374 e. The van der Waals surface area contributed by atoms with Gasteiger partial charge in [-0.15, -0.1) is 0 Å². The SMILES string of the molecule is CCCC1(OC)C(OC(=O)CC)CCC[Si]1(OC)OC. The van der Waals surface area contributed by atoms with Crippen LogP contribution in [-0.2, 0) is 23.1 Å². The number of hydrogen-bond donors (Lipinski definition) is 0. The third-order valence-electron chi connectivity index (χ3n) is 4.34. The molecule has 1 saturated heterocycles. The van der Waals surface area contributed by atoms with Crippen molar-refractivity contribution in [3.63, 3.8) is 0 Å². The minimum atomic E-state index is -2.57. The number of hydrogen-bond acceptors (Lipinski definition) is 5. The molecule has 1 aliphatic rings. The molecule has 6 heteroatoms. The molecule has 1 heterocycles. The van der Waals surface area contributed by atoms with Gasteiger partial charge in [-0.2, -0.15) is 0 Å².